The van der Waals surface area contributed by atoms with E-state index in [-0.39, 0.29) is 0 Å². The molecule has 0 amide bonds. The van der Waals surface area contributed by atoms with Crippen molar-refractivity contribution in [3.05, 3.63) is 24.3 Å². The van der Waals surface area contributed by atoms with Crippen LogP contribution in [0.15, 0.2) is 34.1 Å². The highest BCUT2D eigenvalue weighted by molar-refractivity contribution is 8.77. The van der Waals surface area contributed by atoms with Gasteiger partial charge in [0.2, 0.25) is 0 Å². The molecule has 4 heteroatoms. The fraction of sp³-hybridized carbons (Fsp3) is 0.250. The van der Waals surface area contributed by atoms with E-state index in [0.29, 0.717) is 0 Å². The summed E-state index contributed by atoms with van der Waals surface area (Å²) < 4.78 is 0. The molecule has 0 bridgehead atoms. The third-order valence-electron chi connectivity index (χ3n) is 1.20. The van der Waals surface area contributed by atoms with Crippen molar-refractivity contribution in [3.63, 3.8) is 0 Å². The zero-order valence-electron chi connectivity index (χ0n) is 6.94. The van der Waals surface area contributed by atoms with Crippen LogP contribution < -0.4 is 0 Å². The first-order valence-corrected chi connectivity index (χ1v) is 8.50. The molecule has 1 rings (SSSR count). The molecule has 0 unspecified atom stereocenters. The second kappa shape index (κ2) is 6.13. The van der Waals surface area contributed by atoms with Gasteiger partial charge in [0.1, 0.15) is 0 Å². The Morgan fingerprint density at radius 1 is 0.833 bits per heavy atom. The Kier molecular flexibility index (Phi) is 5.47. The second-order valence-corrected chi connectivity index (χ2v) is 6.83. The van der Waals surface area contributed by atoms with Crippen molar-refractivity contribution in [1.82, 2.24) is 0 Å². The molecular formula is C8H10S4. The summed E-state index contributed by atoms with van der Waals surface area (Å²) in [6, 6.07) is 8.51. The highest BCUT2D eigenvalue weighted by Gasteiger charge is 2.00. The van der Waals surface area contributed by atoms with E-state index in [4.69, 9.17) is 0 Å². The van der Waals surface area contributed by atoms with E-state index in [9.17, 15) is 0 Å². The molecule has 0 saturated carbocycles. The summed E-state index contributed by atoms with van der Waals surface area (Å²) in [7, 11) is 7.23. The maximum Gasteiger partial charge on any atom is 0.0327 e. The summed E-state index contributed by atoms with van der Waals surface area (Å²) in [5, 5.41) is 0. The summed E-state index contributed by atoms with van der Waals surface area (Å²) in [5.74, 6) is 0. The standard InChI is InChI=1S/C8H10S4/c1-9-11-7-5-3-4-6-8(7)12-10-2/h3-6H,1-2H3. The molecule has 0 aromatic heterocycles. The van der Waals surface area contributed by atoms with Gasteiger partial charge in [0.15, 0.2) is 0 Å². The van der Waals surface area contributed by atoms with Crippen molar-refractivity contribution in [1.29, 1.82) is 0 Å². The SMILES string of the molecule is CSSc1ccccc1SSC. The second-order valence-electron chi connectivity index (χ2n) is 1.95. The molecule has 0 saturated heterocycles. The molecule has 0 aliphatic rings. The summed E-state index contributed by atoms with van der Waals surface area (Å²) in [5.41, 5.74) is 0. The fourth-order valence-corrected chi connectivity index (χ4v) is 4.21. The van der Waals surface area contributed by atoms with Crippen LogP contribution in [0.2, 0.25) is 0 Å². The number of hydrogen-bond acceptors (Lipinski definition) is 4. The van der Waals surface area contributed by atoms with Crippen LogP contribution in [0.3, 0.4) is 0 Å². The van der Waals surface area contributed by atoms with Gasteiger partial charge in [-0.2, -0.15) is 0 Å². The van der Waals surface area contributed by atoms with E-state index in [1.807, 2.05) is 21.6 Å². The third-order valence-corrected chi connectivity index (χ3v) is 4.81. The lowest BCUT2D eigenvalue weighted by Gasteiger charge is -2.03. The Balaban J connectivity index is 2.77. The Bertz CT molecular complexity index is 211. The molecule has 66 valence electrons. The Hall–Kier alpha value is 0.620. The molecular weight excluding hydrogens is 224 g/mol. The number of rotatable bonds is 4. The minimum absolute atomic E-state index is 1.37. The maximum absolute atomic E-state index is 2.17. The fourth-order valence-electron chi connectivity index (χ4n) is 0.767. The summed E-state index contributed by atoms with van der Waals surface area (Å²) >= 11 is 0. The van der Waals surface area contributed by atoms with Gasteiger partial charge in [-0.15, -0.1) is 0 Å². The monoisotopic (exact) mass is 234 g/mol. The lowest BCUT2D eigenvalue weighted by molar-refractivity contribution is 1.27. The van der Waals surface area contributed by atoms with Gasteiger partial charge in [-0.1, -0.05) is 55.3 Å². The highest BCUT2D eigenvalue weighted by Crippen LogP contribution is 2.39. The van der Waals surface area contributed by atoms with Gasteiger partial charge < -0.3 is 0 Å². The normalized spacial score (nSPS) is 10.2. The van der Waals surface area contributed by atoms with Gasteiger partial charge in [0.05, 0.1) is 0 Å². The zero-order valence-corrected chi connectivity index (χ0v) is 10.2. The molecule has 1 aromatic carbocycles. The van der Waals surface area contributed by atoms with Crippen LogP contribution in [0, 0.1) is 0 Å². The lowest BCUT2D eigenvalue weighted by Crippen LogP contribution is -1.72. The van der Waals surface area contributed by atoms with Gasteiger partial charge in [-0.3, -0.25) is 0 Å². The first-order chi connectivity index (χ1) is 5.88. The van der Waals surface area contributed by atoms with Gasteiger partial charge >= 0.3 is 0 Å². The minimum atomic E-state index is 1.37. The van der Waals surface area contributed by atoms with Crippen LogP contribution in [0.1, 0.15) is 0 Å². The third kappa shape index (κ3) is 3.17. The van der Waals surface area contributed by atoms with Gasteiger partial charge in [0, 0.05) is 9.79 Å². The average Bonchev–Trinajstić information content (AvgIpc) is 2.09. The van der Waals surface area contributed by atoms with Crippen molar-refractivity contribution in [2.24, 2.45) is 0 Å². The van der Waals surface area contributed by atoms with Crippen LogP contribution in [-0.2, 0) is 0 Å². The van der Waals surface area contributed by atoms with E-state index in [0.717, 1.165) is 0 Å². The first-order valence-electron chi connectivity index (χ1n) is 3.39. The van der Waals surface area contributed by atoms with Gasteiger partial charge in [-0.25, -0.2) is 0 Å². The Morgan fingerprint density at radius 3 is 1.58 bits per heavy atom. The smallest absolute Gasteiger partial charge is 0.0327 e. The van der Waals surface area contributed by atoms with Crippen LogP contribution in [-0.4, -0.2) is 12.5 Å². The van der Waals surface area contributed by atoms with E-state index < -0.39 is 0 Å². The number of benzene rings is 1. The predicted octanol–water partition coefficient (Wildman–Crippen LogP) is 4.43. The Morgan fingerprint density at radius 2 is 1.25 bits per heavy atom. The largest absolute Gasteiger partial charge is 0.0923 e. The summed E-state index contributed by atoms with van der Waals surface area (Å²) in [4.78, 5) is 2.73. The summed E-state index contributed by atoms with van der Waals surface area (Å²) in [6.45, 7) is 0. The molecule has 0 heterocycles. The quantitative estimate of drug-likeness (QED) is 0.707. The molecule has 0 aliphatic carbocycles. The summed E-state index contributed by atoms with van der Waals surface area (Å²) in [6.07, 6.45) is 4.20. The van der Waals surface area contributed by atoms with Crippen LogP contribution >= 0.6 is 43.2 Å². The lowest BCUT2D eigenvalue weighted by atomic mass is 10.4. The van der Waals surface area contributed by atoms with E-state index in [1.165, 1.54) is 9.79 Å². The van der Waals surface area contributed by atoms with Crippen molar-refractivity contribution in [2.45, 2.75) is 9.79 Å². The van der Waals surface area contributed by atoms with E-state index in [2.05, 4.69) is 36.8 Å². The molecule has 0 N–H and O–H groups in total. The van der Waals surface area contributed by atoms with Crippen LogP contribution in [0.25, 0.3) is 0 Å². The van der Waals surface area contributed by atoms with Crippen molar-refractivity contribution in [3.8, 4) is 0 Å². The average molecular weight is 234 g/mol. The molecule has 0 fully saturated rings. The molecule has 12 heavy (non-hydrogen) atoms. The van der Waals surface area contributed by atoms with Gasteiger partial charge in [-0.05, 0) is 24.6 Å². The van der Waals surface area contributed by atoms with E-state index in [1.54, 1.807) is 21.6 Å². The van der Waals surface area contributed by atoms with Crippen LogP contribution in [0.4, 0.5) is 0 Å². The van der Waals surface area contributed by atoms with Crippen LogP contribution in [0.5, 0.6) is 0 Å². The van der Waals surface area contributed by atoms with Gasteiger partial charge in [0.25, 0.3) is 0 Å². The molecule has 0 aliphatic heterocycles. The molecule has 1 aromatic rings. The predicted molar refractivity (Wildman–Crippen MR) is 65.2 cm³/mol. The topological polar surface area (TPSA) is 0 Å². The van der Waals surface area contributed by atoms with E-state index >= 15 is 0 Å². The maximum atomic E-state index is 2.17. The molecule has 0 spiro atoms. The molecule has 0 nitrogen and oxygen atoms in total. The minimum Gasteiger partial charge on any atom is -0.0923 e. The Labute approximate surface area is 89.5 Å². The van der Waals surface area contributed by atoms with Crippen molar-refractivity contribution < 1.29 is 0 Å². The molecule has 0 radical (unpaired) electrons. The highest BCUT2D eigenvalue weighted by atomic mass is 33.1. The number of hydrogen-bond donors (Lipinski definition) is 0. The molecule has 0 atom stereocenters. The zero-order chi connectivity index (χ0) is 8.81. The van der Waals surface area contributed by atoms with Crippen molar-refractivity contribution >= 4 is 43.2 Å². The first kappa shape index (κ1) is 10.7. The van der Waals surface area contributed by atoms with Crippen molar-refractivity contribution in [2.75, 3.05) is 12.5 Å².